The van der Waals surface area contributed by atoms with Crippen LogP contribution in [0.2, 0.25) is 0 Å². The third-order valence-corrected chi connectivity index (χ3v) is 6.26. The largest absolute Gasteiger partial charge is 0.281 e. The van der Waals surface area contributed by atoms with Crippen LogP contribution < -0.4 is 0 Å². The molecule has 1 aliphatic rings. The zero-order valence-electron chi connectivity index (χ0n) is 16.9. The first-order chi connectivity index (χ1) is 13.6. The predicted molar refractivity (Wildman–Crippen MR) is 113 cm³/mol. The number of nitrogens with zero attached hydrogens (tertiary/aromatic N) is 4. The van der Waals surface area contributed by atoms with Crippen LogP contribution in [0.25, 0.3) is 27.7 Å². The second kappa shape index (κ2) is 6.73. The number of benzene rings is 1. The number of hydrogen-bond donors (Lipinski definition) is 1. The number of rotatable bonds is 3. The summed E-state index contributed by atoms with van der Waals surface area (Å²) in [5.41, 5.74) is 8.23. The molecule has 0 radical (unpaired) electrons. The molecule has 0 saturated heterocycles. The van der Waals surface area contributed by atoms with Crippen molar-refractivity contribution in [1.82, 2.24) is 24.8 Å². The summed E-state index contributed by atoms with van der Waals surface area (Å²) in [5.74, 6) is 1.05. The van der Waals surface area contributed by atoms with Crippen LogP contribution in [0.3, 0.4) is 0 Å². The maximum atomic E-state index is 4.70. The van der Waals surface area contributed by atoms with Gasteiger partial charge in [0.05, 0.1) is 5.52 Å². The van der Waals surface area contributed by atoms with E-state index in [1.165, 1.54) is 59.9 Å². The van der Waals surface area contributed by atoms with Gasteiger partial charge in [0.25, 0.3) is 0 Å². The van der Waals surface area contributed by atoms with E-state index in [0.29, 0.717) is 11.8 Å². The molecule has 3 aromatic heterocycles. The monoisotopic (exact) mass is 373 g/mol. The highest BCUT2D eigenvalue weighted by molar-refractivity contribution is 5.89. The molecule has 1 aliphatic carbocycles. The minimum absolute atomic E-state index is 0.431. The molecule has 0 unspecified atom stereocenters. The molecule has 5 rings (SSSR count). The highest BCUT2D eigenvalue weighted by atomic mass is 15.3. The Morgan fingerprint density at radius 3 is 2.71 bits per heavy atom. The van der Waals surface area contributed by atoms with Gasteiger partial charge < -0.3 is 0 Å². The van der Waals surface area contributed by atoms with Crippen LogP contribution in [0.15, 0.2) is 30.7 Å². The molecule has 1 fully saturated rings. The number of aromatic nitrogens is 5. The van der Waals surface area contributed by atoms with Crippen LogP contribution >= 0.6 is 0 Å². The molecule has 4 aromatic rings. The van der Waals surface area contributed by atoms with Crippen LogP contribution in [0.4, 0.5) is 0 Å². The summed E-state index contributed by atoms with van der Waals surface area (Å²) in [6.07, 6.45) is 10.3. The highest BCUT2D eigenvalue weighted by Crippen LogP contribution is 2.39. The smallest absolute Gasteiger partial charge is 0.158 e. The molecule has 1 N–H and O–H groups in total. The Bertz CT molecular complexity index is 1140. The quantitative estimate of drug-likeness (QED) is 0.497. The lowest BCUT2D eigenvalue weighted by atomic mass is 9.84. The molecule has 28 heavy (non-hydrogen) atoms. The third-order valence-electron chi connectivity index (χ3n) is 6.26. The average Bonchev–Trinajstić information content (AvgIpc) is 3.34. The summed E-state index contributed by atoms with van der Waals surface area (Å²) < 4.78 is 1.87. The lowest BCUT2D eigenvalue weighted by Gasteiger charge is -2.21. The van der Waals surface area contributed by atoms with Gasteiger partial charge in [-0.15, -0.1) is 0 Å². The van der Waals surface area contributed by atoms with Gasteiger partial charge in [-0.05, 0) is 60.6 Å². The predicted octanol–water partition coefficient (Wildman–Crippen LogP) is 5.75. The average molecular weight is 374 g/mol. The van der Waals surface area contributed by atoms with Gasteiger partial charge in [0.2, 0.25) is 0 Å². The topological polar surface area (TPSA) is 58.9 Å². The van der Waals surface area contributed by atoms with Crippen molar-refractivity contribution in [3.63, 3.8) is 0 Å². The van der Waals surface area contributed by atoms with E-state index >= 15 is 0 Å². The molecule has 5 heteroatoms. The fourth-order valence-corrected chi connectivity index (χ4v) is 4.77. The van der Waals surface area contributed by atoms with Crippen molar-refractivity contribution in [1.29, 1.82) is 0 Å². The van der Waals surface area contributed by atoms with E-state index in [2.05, 4.69) is 60.3 Å². The van der Waals surface area contributed by atoms with Gasteiger partial charge in [0, 0.05) is 28.8 Å². The van der Waals surface area contributed by atoms with Crippen molar-refractivity contribution in [3.05, 3.63) is 47.5 Å². The molecule has 1 aromatic carbocycles. The Labute approximate surface area is 165 Å². The number of aryl methyl sites for hydroxylation is 1. The first-order valence-corrected chi connectivity index (χ1v) is 10.4. The van der Waals surface area contributed by atoms with E-state index < -0.39 is 0 Å². The minimum Gasteiger partial charge on any atom is -0.281 e. The third kappa shape index (κ3) is 2.81. The summed E-state index contributed by atoms with van der Waals surface area (Å²) >= 11 is 0. The van der Waals surface area contributed by atoms with Crippen molar-refractivity contribution < 1.29 is 0 Å². The SMILES string of the molecule is Cc1cc(-c2cc3n[nH]c(C4CCCCC4)c3cc2C(C)C)cn2ncnc12. The first-order valence-electron chi connectivity index (χ1n) is 10.4. The van der Waals surface area contributed by atoms with E-state index in [4.69, 9.17) is 5.10 Å². The van der Waals surface area contributed by atoms with E-state index in [1.807, 2.05) is 4.52 Å². The van der Waals surface area contributed by atoms with E-state index in [0.717, 1.165) is 16.7 Å². The Balaban J connectivity index is 1.68. The molecular weight excluding hydrogens is 346 g/mol. The second-order valence-electron chi connectivity index (χ2n) is 8.52. The molecule has 0 atom stereocenters. The Morgan fingerprint density at radius 1 is 1.11 bits per heavy atom. The van der Waals surface area contributed by atoms with Crippen LogP contribution in [-0.2, 0) is 0 Å². The maximum absolute atomic E-state index is 4.70. The molecule has 5 nitrogen and oxygen atoms in total. The van der Waals surface area contributed by atoms with Gasteiger partial charge in [-0.25, -0.2) is 9.50 Å². The highest BCUT2D eigenvalue weighted by Gasteiger charge is 2.22. The fraction of sp³-hybridized carbons (Fsp3) is 0.435. The van der Waals surface area contributed by atoms with E-state index in [-0.39, 0.29) is 0 Å². The van der Waals surface area contributed by atoms with Gasteiger partial charge in [-0.1, -0.05) is 33.1 Å². The Kier molecular flexibility index (Phi) is 4.18. The standard InChI is InChI=1S/C23H27N5/c1-14(2)18-10-20-21(26-27-22(20)16-7-5-4-6-8-16)11-19(18)17-9-15(3)23-24-13-25-28(23)12-17/h9-14,16H,4-8H2,1-3H3,(H,26,27). The Hall–Kier alpha value is -2.69. The summed E-state index contributed by atoms with van der Waals surface area (Å²) in [6.45, 7) is 6.63. The normalized spacial score (nSPS) is 15.9. The second-order valence-corrected chi connectivity index (χ2v) is 8.52. The van der Waals surface area contributed by atoms with Crippen molar-refractivity contribution in [3.8, 4) is 11.1 Å². The maximum Gasteiger partial charge on any atom is 0.158 e. The van der Waals surface area contributed by atoms with Crippen LogP contribution in [0.5, 0.6) is 0 Å². The number of nitrogens with one attached hydrogen (secondary N) is 1. The van der Waals surface area contributed by atoms with Gasteiger partial charge >= 0.3 is 0 Å². The number of fused-ring (bicyclic) bond motifs is 2. The molecule has 0 amide bonds. The molecule has 144 valence electrons. The zero-order chi connectivity index (χ0) is 19.3. The van der Waals surface area contributed by atoms with Crippen molar-refractivity contribution in [2.45, 2.75) is 64.7 Å². The van der Waals surface area contributed by atoms with Crippen LogP contribution in [-0.4, -0.2) is 24.8 Å². The number of aromatic amines is 1. The molecule has 0 spiro atoms. The minimum atomic E-state index is 0.431. The molecule has 0 bridgehead atoms. The first kappa shape index (κ1) is 17.4. The van der Waals surface area contributed by atoms with Crippen LogP contribution in [0, 0.1) is 6.92 Å². The Morgan fingerprint density at radius 2 is 1.93 bits per heavy atom. The van der Waals surface area contributed by atoms with Gasteiger partial charge in [0.1, 0.15) is 6.33 Å². The number of hydrogen-bond acceptors (Lipinski definition) is 3. The molecule has 3 heterocycles. The number of pyridine rings is 1. The fourth-order valence-electron chi connectivity index (χ4n) is 4.77. The van der Waals surface area contributed by atoms with Crippen molar-refractivity contribution >= 4 is 16.6 Å². The number of H-pyrrole nitrogens is 1. The van der Waals surface area contributed by atoms with Gasteiger partial charge in [-0.2, -0.15) is 10.2 Å². The summed E-state index contributed by atoms with van der Waals surface area (Å²) in [4.78, 5) is 4.35. The van der Waals surface area contributed by atoms with Crippen LogP contribution in [0.1, 0.15) is 74.6 Å². The van der Waals surface area contributed by atoms with Crippen molar-refractivity contribution in [2.75, 3.05) is 0 Å². The molecule has 0 aliphatic heterocycles. The van der Waals surface area contributed by atoms with Gasteiger partial charge in [0.15, 0.2) is 5.65 Å². The van der Waals surface area contributed by atoms with Crippen molar-refractivity contribution in [2.24, 2.45) is 0 Å². The zero-order valence-corrected chi connectivity index (χ0v) is 16.9. The van der Waals surface area contributed by atoms with E-state index in [9.17, 15) is 0 Å². The van der Waals surface area contributed by atoms with E-state index in [1.54, 1.807) is 6.33 Å². The summed E-state index contributed by atoms with van der Waals surface area (Å²) in [6, 6.07) is 6.85. The lowest BCUT2D eigenvalue weighted by molar-refractivity contribution is 0.438. The molecule has 1 saturated carbocycles. The summed E-state index contributed by atoms with van der Waals surface area (Å²) in [7, 11) is 0. The molecular formula is C23H27N5. The lowest BCUT2D eigenvalue weighted by Crippen LogP contribution is -2.05. The van der Waals surface area contributed by atoms with Gasteiger partial charge in [-0.3, -0.25) is 5.10 Å². The summed E-state index contributed by atoms with van der Waals surface area (Å²) in [5, 5.41) is 13.7.